The van der Waals surface area contributed by atoms with Gasteiger partial charge in [0.15, 0.2) is 0 Å². The lowest BCUT2D eigenvalue weighted by atomic mass is 9.55. The van der Waals surface area contributed by atoms with E-state index in [4.69, 9.17) is 0 Å². The minimum Gasteiger partial charge on any atom is -0.386 e. The Morgan fingerprint density at radius 1 is 1.05 bits per heavy atom. The van der Waals surface area contributed by atoms with Crippen molar-refractivity contribution in [2.45, 2.75) is 33.3 Å². The van der Waals surface area contributed by atoms with Gasteiger partial charge in [-0.2, -0.15) is 0 Å². The van der Waals surface area contributed by atoms with E-state index in [1.807, 2.05) is 32.0 Å². The van der Waals surface area contributed by atoms with Gasteiger partial charge in [0.2, 0.25) is 0 Å². The van der Waals surface area contributed by atoms with Crippen molar-refractivity contribution < 1.29 is 5.11 Å². The highest BCUT2D eigenvalue weighted by atomic mass is 16.3. The van der Waals surface area contributed by atoms with Gasteiger partial charge in [-0.25, -0.2) is 0 Å². The first kappa shape index (κ1) is 14.4. The van der Waals surface area contributed by atoms with Crippen LogP contribution in [0.1, 0.15) is 27.7 Å². The molecule has 21 heavy (non-hydrogen) atoms. The van der Waals surface area contributed by atoms with Crippen molar-refractivity contribution in [3.8, 4) is 0 Å². The number of nitrogens with one attached hydrogen (secondary N) is 1. The molecule has 3 aliphatic rings. The fourth-order valence-corrected chi connectivity index (χ4v) is 4.17. The highest BCUT2D eigenvalue weighted by Crippen LogP contribution is 2.55. The molecular weight excluding hydrogens is 258 g/mol. The molecule has 0 heterocycles. The average molecular weight is 283 g/mol. The molecule has 0 saturated heterocycles. The van der Waals surface area contributed by atoms with E-state index in [0.717, 1.165) is 17.0 Å². The molecule has 112 valence electrons. The lowest BCUT2D eigenvalue weighted by molar-refractivity contribution is 0.0203. The predicted molar refractivity (Wildman–Crippen MR) is 87.8 cm³/mol. The number of hydrogen-bond acceptors (Lipinski definition) is 2. The fraction of sp³-hybridized carbons (Fsp3) is 0.474. The van der Waals surface area contributed by atoms with Crippen molar-refractivity contribution in [3.05, 3.63) is 53.8 Å². The Kier molecular flexibility index (Phi) is 3.45. The van der Waals surface area contributed by atoms with Gasteiger partial charge in [-0.15, -0.1) is 0 Å². The second kappa shape index (κ2) is 5.03. The zero-order chi connectivity index (χ0) is 15.2. The van der Waals surface area contributed by atoms with Gasteiger partial charge in [0, 0.05) is 11.4 Å². The molecule has 0 spiro atoms. The van der Waals surface area contributed by atoms with Crippen LogP contribution in [-0.2, 0) is 0 Å². The fourth-order valence-electron chi connectivity index (χ4n) is 4.17. The number of para-hydroxylation sites is 1. The summed E-state index contributed by atoms with van der Waals surface area (Å²) in [6, 6.07) is 10.2. The monoisotopic (exact) mass is 283 g/mol. The summed E-state index contributed by atoms with van der Waals surface area (Å²) in [4.78, 5) is 0. The molecule has 2 bridgehead atoms. The first-order valence-corrected chi connectivity index (χ1v) is 7.87. The Morgan fingerprint density at radius 3 is 2.24 bits per heavy atom. The minimum atomic E-state index is -0.802. The van der Waals surface area contributed by atoms with Crippen LogP contribution in [0, 0.1) is 23.7 Å². The average Bonchev–Trinajstić information content (AvgIpc) is 2.67. The zero-order valence-electron chi connectivity index (χ0n) is 13.3. The van der Waals surface area contributed by atoms with Gasteiger partial charge in [0.25, 0.3) is 0 Å². The number of hydrogen-bond donors (Lipinski definition) is 2. The molecule has 1 saturated carbocycles. The maximum absolute atomic E-state index is 10.7. The Labute approximate surface area is 127 Å². The van der Waals surface area contributed by atoms with Crippen LogP contribution in [0.25, 0.3) is 0 Å². The second-order valence-electron chi connectivity index (χ2n) is 7.06. The van der Waals surface area contributed by atoms with Gasteiger partial charge < -0.3 is 10.4 Å². The number of aliphatic hydroxyl groups is 1. The summed E-state index contributed by atoms with van der Waals surface area (Å²) in [6.45, 7) is 8.41. The third-order valence-electron chi connectivity index (χ3n) is 5.17. The summed E-state index contributed by atoms with van der Waals surface area (Å²) in [5.41, 5.74) is 2.48. The van der Waals surface area contributed by atoms with Gasteiger partial charge in [0.05, 0.1) is 5.60 Å². The Morgan fingerprint density at radius 2 is 1.67 bits per heavy atom. The SMILES string of the molecule is CC1C2C=CC(Nc3ccccc3)=C(C(C)(C)O)C1C2C. The standard InChI is InChI=1S/C19H25NO/c1-12-15-10-11-16(20-14-8-6-5-7-9-14)18(19(3,4)21)17(12)13(15)2/h5-13,15,17,20-21H,1-4H3. The molecular formula is C19H25NO. The minimum absolute atomic E-state index is 0.455. The van der Waals surface area contributed by atoms with E-state index in [9.17, 15) is 5.11 Å². The molecule has 2 nitrogen and oxygen atoms in total. The molecule has 1 aromatic rings. The molecule has 2 atom stereocenters. The van der Waals surface area contributed by atoms with E-state index in [1.54, 1.807) is 0 Å². The van der Waals surface area contributed by atoms with Crippen LogP contribution in [0.2, 0.25) is 0 Å². The summed E-state index contributed by atoms with van der Waals surface area (Å²) < 4.78 is 0. The van der Waals surface area contributed by atoms with Gasteiger partial charge in [-0.05, 0) is 61.3 Å². The molecule has 2 heteroatoms. The smallest absolute Gasteiger partial charge is 0.0826 e. The zero-order valence-corrected chi connectivity index (χ0v) is 13.3. The van der Waals surface area contributed by atoms with Gasteiger partial charge in [0.1, 0.15) is 0 Å². The van der Waals surface area contributed by atoms with E-state index in [2.05, 4.69) is 43.4 Å². The molecule has 0 amide bonds. The second-order valence-corrected chi connectivity index (χ2v) is 7.06. The molecule has 0 aromatic heterocycles. The highest BCUT2D eigenvalue weighted by molar-refractivity contribution is 5.54. The molecule has 3 aliphatic carbocycles. The Balaban J connectivity index is 2.04. The number of rotatable bonds is 3. The van der Waals surface area contributed by atoms with Crippen LogP contribution in [-0.4, -0.2) is 10.7 Å². The van der Waals surface area contributed by atoms with Crippen LogP contribution >= 0.6 is 0 Å². The molecule has 0 aliphatic heterocycles. The lowest BCUT2D eigenvalue weighted by Gasteiger charge is -2.50. The third kappa shape index (κ3) is 2.42. The summed E-state index contributed by atoms with van der Waals surface area (Å²) >= 11 is 0. The van der Waals surface area contributed by atoms with E-state index in [1.165, 1.54) is 0 Å². The van der Waals surface area contributed by atoms with Crippen LogP contribution < -0.4 is 5.32 Å². The van der Waals surface area contributed by atoms with E-state index < -0.39 is 5.60 Å². The van der Waals surface area contributed by atoms with Crippen molar-refractivity contribution in [3.63, 3.8) is 0 Å². The van der Waals surface area contributed by atoms with Crippen LogP contribution in [0.3, 0.4) is 0 Å². The van der Waals surface area contributed by atoms with E-state index >= 15 is 0 Å². The van der Waals surface area contributed by atoms with Gasteiger partial charge >= 0.3 is 0 Å². The van der Waals surface area contributed by atoms with Crippen LogP contribution in [0.15, 0.2) is 53.8 Å². The molecule has 0 radical (unpaired) electrons. The molecule has 2 unspecified atom stereocenters. The quantitative estimate of drug-likeness (QED) is 0.871. The molecule has 1 aromatic carbocycles. The Hall–Kier alpha value is -1.54. The van der Waals surface area contributed by atoms with Crippen molar-refractivity contribution in [1.82, 2.24) is 0 Å². The molecule has 4 rings (SSSR count). The van der Waals surface area contributed by atoms with Crippen LogP contribution in [0.5, 0.6) is 0 Å². The summed E-state index contributed by atoms with van der Waals surface area (Å²) in [6.07, 6.45) is 4.49. The number of benzene rings is 1. The van der Waals surface area contributed by atoms with Gasteiger partial charge in [-0.1, -0.05) is 38.1 Å². The molecule has 1 fully saturated rings. The normalized spacial score (nSPS) is 31.7. The van der Waals surface area contributed by atoms with Gasteiger partial charge in [-0.3, -0.25) is 0 Å². The van der Waals surface area contributed by atoms with Crippen molar-refractivity contribution in [2.24, 2.45) is 23.7 Å². The predicted octanol–water partition coefficient (Wildman–Crippen LogP) is 4.21. The maximum Gasteiger partial charge on any atom is 0.0826 e. The van der Waals surface area contributed by atoms with Crippen molar-refractivity contribution in [2.75, 3.05) is 5.32 Å². The summed E-state index contributed by atoms with van der Waals surface area (Å²) in [5.74, 6) is 2.29. The largest absolute Gasteiger partial charge is 0.386 e. The third-order valence-corrected chi connectivity index (χ3v) is 5.17. The number of fused-ring (bicyclic) bond motifs is 1. The topological polar surface area (TPSA) is 32.3 Å². The number of anilines is 1. The highest BCUT2D eigenvalue weighted by Gasteiger charge is 2.50. The Bertz CT molecular complexity index is 569. The maximum atomic E-state index is 10.7. The lowest BCUT2D eigenvalue weighted by Crippen LogP contribution is -2.47. The first-order valence-electron chi connectivity index (χ1n) is 7.87. The van der Waals surface area contributed by atoms with E-state index in [0.29, 0.717) is 23.7 Å². The van der Waals surface area contributed by atoms with Crippen molar-refractivity contribution >= 4 is 5.69 Å². The van der Waals surface area contributed by atoms with Crippen molar-refractivity contribution in [1.29, 1.82) is 0 Å². The van der Waals surface area contributed by atoms with E-state index in [-0.39, 0.29) is 0 Å². The van der Waals surface area contributed by atoms with Crippen LogP contribution in [0.4, 0.5) is 5.69 Å². The number of allylic oxidation sites excluding steroid dienone is 2. The first-order chi connectivity index (χ1) is 9.89. The molecule has 2 N–H and O–H groups in total. The summed E-state index contributed by atoms with van der Waals surface area (Å²) in [5, 5.41) is 14.2. The summed E-state index contributed by atoms with van der Waals surface area (Å²) in [7, 11) is 0.